The van der Waals surface area contributed by atoms with Gasteiger partial charge in [-0.15, -0.1) is 11.6 Å². The van der Waals surface area contributed by atoms with Crippen molar-refractivity contribution >= 4 is 5.91 Å². The summed E-state index contributed by atoms with van der Waals surface area (Å²) in [6.07, 6.45) is 2.36. The number of carbonyl (C=O) groups is 1. The van der Waals surface area contributed by atoms with E-state index in [0.717, 1.165) is 5.56 Å². The molecule has 0 aliphatic heterocycles. The van der Waals surface area contributed by atoms with Crippen LogP contribution in [0, 0.1) is 0 Å². The van der Waals surface area contributed by atoms with Gasteiger partial charge in [-0.1, -0.05) is 36.4 Å². The number of ether oxygens (including phenoxy) is 1. The Hall–Kier alpha value is -3.16. The van der Waals surface area contributed by atoms with Crippen LogP contribution < -0.4 is 16.1 Å². The highest BCUT2D eigenvalue weighted by atomic mass is 16.5. The maximum atomic E-state index is 12.4. The minimum atomic E-state index is -0.839. The molecule has 126 valence electrons. The number of nitrogens with zero attached hydrogens (tertiary/aromatic N) is 2. The number of carbonyl (C=O) groups excluding carboxylic acids is 1. The van der Waals surface area contributed by atoms with Crippen LogP contribution in [0.3, 0.4) is 0 Å². The van der Waals surface area contributed by atoms with Gasteiger partial charge in [0.05, 0.1) is 0 Å². The van der Waals surface area contributed by atoms with Crippen molar-refractivity contribution in [2.45, 2.75) is 13.0 Å². The second kappa shape index (κ2) is 8.47. The van der Waals surface area contributed by atoms with Crippen LogP contribution in [0.25, 0.3) is 0 Å². The Kier molecular flexibility index (Phi) is 6.07. The van der Waals surface area contributed by atoms with Gasteiger partial charge in [-0.25, -0.2) is 9.59 Å². The zero-order chi connectivity index (χ0) is 17.4. The van der Waals surface area contributed by atoms with Crippen molar-refractivity contribution < 1.29 is 9.53 Å². The number of nitrogens with one attached hydrogen (secondary N) is 2. The molecule has 1 aromatic carbocycles. The van der Waals surface area contributed by atoms with E-state index in [2.05, 4.69) is 16.5 Å². The molecule has 2 aromatic rings. The third-order valence-electron chi connectivity index (χ3n) is 3.15. The zero-order valence-corrected chi connectivity index (χ0v) is 13.0. The van der Waals surface area contributed by atoms with Gasteiger partial charge in [0.2, 0.25) is 0 Å². The topological polar surface area (TPSA) is 108 Å². The lowest BCUT2D eigenvalue weighted by molar-refractivity contribution is -0.134. The average molecular weight is 330 g/mol. The highest BCUT2D eigenvalue weighted by Crippen LogP contribution is 2.06. The van der Waals surface area contributed by atoms with Crippen molar-refractivity contribution in [3.8, 4) is 6.01 Å². The number of amides is 1. The van der Waals surface area contributed by atoms with E-state index in [1.807, 2.05) is 35.3 Å². The first kappa shape index (κ1) is 17.2. The van der Waals surface area contributed by atoms with Gasteiger partial charge in [0.1, 0.15) is 0 Å². The molecule has 0 aliphatic carbocycles. The van der Waals surface area contributed by atoms with Crippen LogP contribution >= 0.6 is 0 Å². The first-order chi connectivity index (χ1) is 11.6. The fourth-order valence-electron chi connectivity index (χ4n) is 2.01. The summed E-state index contributed by atoms with van der Waals surface area (Å²) in [5, 5.41) is 0. The van der Waals surface area contributed by atoms with Gasteiger partial charge in [0, 0.05) is 13.1 Å². The first-order valence-corrected chi connectivity index (χ1v) is 7.34. The minimum Gasteiger partial charge on any atom is -0.454 e. The molecule has 0 unspecified atom stereocenters. The van der Waals surface area contributed by atoms with Gasteiger partial charge in [0.15, 0.2) is 6.61 Å². The normalized spacial score (nSPS) is 10.2. The van der Waals surface area contributed by atoms with Crippen LogP contribution in [0.15, 0.2) is 52.6 Å². The maximum Gasteiger partial charge on any atom is 0.353 e. The predicted molar refractivity (Wildman–Crippen MR) is 87.6 cm³/mol. The smallest absolute Gasteiger partial charge is 0.353 e. The van der Waals surface area contributed by atoms with Crippen LogP contribution in [-0.2, 0) is 11.3 Å². The highest BCUT2D eigenvalue weighted by molar-refractivity contribution is 5.77. The largest absolute Gasteiger partial charge is 0.454 e. The van der Waals surface area contributed by atoms with E-state index >= 15 is 0 Å². The fraction of sp³-hybridized carbons (Fsp3) is 0.250. The van der Waals surface area contributed by atoms with Gasteiger partial charge in [0.25, 0.3) is 5.91 Å². The van der Waals surface area contributed by atoms with Crippen molar-refractivity contribution in [2.24, 2.45) is 0 Å². The van der Waals surface area contributed by atoms with E-state index in [4.69, 9.17) is 4.74 Å². The lowest BCUT2D eigenvalue weighted by Gasteiger charge is -2.22. The number of aromatic amines is 2. The molecule has 8 heteroatoms. The van der Waals surface area contributed by atoms with Gasteiger partial charge >= 0.3 is 17.4 Å². The Bertz CT molecular complexity index is 769. The first-order valence-electron chi connectivity index (χ1n) is 7.34. The molecule has 2 rings (SSSR count). The van der Waals surface area contributed by atoms with E-state index in [9.17, 15) is 14.4 Å². The number of aromatic nitrogens is 3. The molecule has 1 amide bonds. The zero-order valence-electron chi connectivity index (χ0n) is 13.0. The Labute approximate surface area is 137 Å². The Balaban J connectivity index is 2.02. The monoisotopic (exact) mass is 330 g/mol. The minimum absolute atomic E-state index is 0.288. The number of hydrogen-bond donors (Lipinski definition) is 2. The molecule has 1 heterocycles. The van der Waals surface area contributed by atoms with Crippen LogP contribution in [0.4, 0.5) is 0 Å². The Morgan fingerprint density at radius 1 is 1.25 bits per heavy atom. The van der Waals surface area contributed by atoms with E-state index < -0.39 is 11.4 Å². The molecule has 0 saturated heterocycles. The van der Waals surface area contributed by atoms with E-state index in [0.29, 0.717) is 19.5 Å². The molecule has 2 N–H and O–H groups in total. The molecule has 1 aromatic heterocycles. The molecule has 0 spiro atoms. The van der Waals surface area contributed by atoms with Crippen LogP contribution in [0.5, 0.6) is 6.01 Å². The summed E-state index contributed by atoms with van der Waals surface area (Å²) in [5.41, 5.74) is -0.600. The highest BCUT2D eigenvalue weighted by Gasteiger charge is 2.15. The predicted octanol–water partition coefficient (Wildman–Crippen LogP) is 0.442. The molecule has 0 radical (unpaired) electrons. The van der Waals surface area contributed by atoms with Gasteiger partial charge in [-0.2, -0.15) is 0 Å². The van der Waals surface area contributed by atoms with Crippen LogP contribution in [-0.4, -0.2) is 38.9 Å². The van der Waals surface area contributed by atoms with Gasteiger partial charge < -0.3 is 9.64 Å². The number of H-pyrrole nitrogens is 2. The van der Waals surface area contributed by atoms with Crippen LogP contribution in [0.1, 0.15) is 12.0 Å². The van der Waals surface area contributed by atoms with Crippen molar-refractivity contribution in [1.29, 1.82) is 0 Å². The summed E-state index contributed by atoms with van der Waals surface area (Å²) in [6.45, 7) is 4.23. The Morgan fingerprint density at radius 3 is 2.67 bits per heavy atom. The molecule has 0 atom stereocenters. The fourth-order valence-corrected chi connectivity index (χ4v) is 2.01. The lowest BCUT2D eigenvalue weighted by atomic mass is 10.2. The molecule has 0 saturated carbocycles. The Morgan fingerprint density at radius 2 is 2.00 bits per heavy atom. The van der Waals surface area contributed by atoms with E-state index in [1.54, 1.807) is 11.0 Å². The standard InChI is InChI=1S/C16H18N4O4/c1-2-3-9-20(10-12-7-5-4-6-8-12)13(21)11-24-16-18-14(22)17-15(23)19-16/h2,4-8H,1,3,9-11H2,(H2,17,18,19,22,23). The van der Waals surface area contributed by atoms with E-state index in [-0.39, 0.29) is 18.5 Å². The van der Waals surface area contributed by atoms with Crippen LogP contribution in [0.2, 0.25) is 0 Å². The van der Waals surface area contributed by atoms with Crippen molar-refractivity contribution in [3.63, 3.8) is 0 Å². The summed E-state index contributed by atoms with van der Waals surface area (Å²) < 4.78 is 5.12. The molecule has 0 fully saturated rings. The molecular weight excluding hydrogens is 312 g/mol. The maximum absolute atomic E-state index is 12.4. The van der Waals surface area contributed by atoms with Gasteiger partial charge in [-0.3, -0.25) is 14.8 Å². The third kappa shape index (κ3) is 5.24. The summed E-state index contributed by atoms with van der Waals surface area (Å²) in [7, 11) is 0. The summed E-state index contributed by atoms with van der Waals surface area (Å²) in [5.74, 6) is -0.288. The molecule has 24 heavy (non-hydrogen) atoms. The molecule has 0 bridgehead atoms. The summed E-state index contributed by atoms with van der Waals surface area (Å²) in [4.78, 5) is 43.8. The summed E-state index contributed by atoms with van der Waals surface area (Å²) >= 11 is 0. The number of hydrogen-bond acceptors (Lipinski definition) is 5. The van der Waals surface area contributed by atoms with Crippen molar-refractivity contribution in [3.05, 3.63) is 69.5 Å². The van der Waals surface area contributed by atoms with Crippen molar-refractivity contribution in [2.75, 3.05) is 13.2 Å². The van der Waals surface area contributed by atoms with E-state index in [1.165, 1.54) is 0 Å². The second-order valence-electron chi connectivity index (χ2n) is 4.97. The summed E-state index contributed by atoms with van der Waals surface area (Å²) in [6, 6.07) is 9.24. The lowest BCUT2D eigenvalue weighted by Crippen LogP contribution is -2.36. The molecular formula is C16H18N4O4. The SMILES string of the molecule is C=CCCN(Cc1ccccc1)C(=O)COc1nc(=O)[nH]c(=O)[nH]1. The average Bonchev–Trinajstić information content (AvgIpc) is 2.56. The molecule has 0 aliphatic rings. The molecule has 8 nitrogen and oxygen atoms in total. The van der Waals surface area contributed by atoms with Gasteiger partial charge in [-0.05, 0) is 12.0 Å². The number of rotatable bonds is 8. The van der Waals surface area contributed by atoms with Crippen molar-refractivity contribution in [1.82, 2.24) is 19.9 Å². The third-order valence-corrected chi connectivity index (χ3v) is 3.15. The quantitative estimate of drug-likeness (QED) is 0.683. The second-order valence-corrected chi connectivity index (χ2v) is 4.97. The number of benzene rings is 1.